The molecule has 2 aromatic carbocycles. The van der Waals surface area contributed by atoms with Gasteiger partial charge in [0.05, 0.1) is 0 Å². The van der Waals surface area contributed by atoms with Crippen LogP contribution in [0.5, 0.6) is 0 Å². The average Bonchev–Trinajstić information content (AvgIpc) is 3.62. The van der Waals surface area contributed by atoms with Gasteiger partial charge in [-0.2, -0.15) is 0 Å². The van der Waals surface area contributed by atoms with Gasteiger partial charge in [0.1, 0.15) is 24.7 Å². The van der Waals surface area contributed by atoms with Gasteiger partial charge >= 0.3 is 0 Å². The number of hydrogen-bond acceptors (Lipinski definition) is 4. The number of carbonyl (C=O) groups is 4. The second kappa shape index (κ2) is 12.4. The highest BCUT2D eigenvalue weighted by Gasteiger charge is 2.39. The molecule has 3 heterocycles. The van der Waals surface area contributed by atoms with Crippen molar-refractivity contribution in [1.82, 2.24) is 25.4 Å². The van der Waals surface area contributed by atoms with Gasteiger partial charge < -0.3 is 25.4 Å². The van der Waals surface area contributed by atoms with Crippen LogP contribution < -0.4 is 10.6 Å². The fourth-order valence-corrected chi connectivity index (χ4v) is 5.77. The molecule has 5 rings (SSSR count). The predicted molar refractivity (Wildman–Crippen MR) is 152 cm³/mol. The van der Waals surface area contributed by atoms with Gasteiger partial charge in [0.2, 0.25) is 23.6 Å². The second-order valence-corrected chi connectivity index (χ2v) is 10.8. The summed E-state index contributed by atoms with van der Waals surface area (Å²) in [7, 11) is 0. The van der Waals surface area contributed by atoms with E-state index < -0.39 is 18.1 Å². The Hall–Kier alpha value is -4.14. The zero-order chi connectivity index (χ0) is 28.1. The highest BCUT2D eigenvalue weighted by atomic mass is 16.2. The highest BCUT2D eigenvalue weighted by molar-refractivity contribution is 5.97. The van der Waals surface area contributed by atoms with Gasteiger partial charge in [-0.3, -0.25) is 19.2 Å². The maximum atomic E-state index is 14.2. The molecule has 9 heteroatoms. The number of para-hydroxylation sites is 1. The molecule has 9 nitrogen and oxygen atoms in total. The van der Waals surface area contributed by atoms with Crippen molar-refractivity contribution >= 4 is 34.5 Å². The van der Waals surface area contributed by atoms with E-state index in [0.29, 0.717) is 25.8 Å². The summed E-state index contributed by atoms with van der Waals surface area (Å²) in [5.74, 6) is -1.27. The van der Waals surface area contributed by atoms with E-state index in [0.717, 1.165) is 34.9 Å². The SMILES string of the molecule is CCCC[C@@H]1NC(=O)[C@H]2CCCN2C(=O)CN(Cc2ccccc2)C(=O)[C@H](Cc2c[nH]c3ccccc23)NC1=O. The molecule has 210 valence electrons. The van der Waals surface area contributed by atoms with Crippen LogP contribution in [0.25, 0.3) is 10.9 Å². The minimum absolute atomic E-state index is 0.170. The van der Waals surface area contributed by atoms with Crippen molar-refractivity contribution in [3.63, 3.8) is 0 Å². The molecule has 3 atom stereocenters. The lowest BCUT2D eigenvalue weighted by atomic mass is 10.0. The summed E-state index contributed by atoms with van der Waals surface area (Å²) < 4.78 is 0. The smallest absolute Gasteiger partial charge is 0.246 e. The van der Waals surface area contributed by atoms with Gasteiger partial charge in [0, 0.05) is 36.6 Å². The van der Waals surface area contributed by atoms with Crippen LogP contribution in [0.2, 0.25) is 0 Å². The molecule has 1 aromatic heterocycles. The number of hydrogen-bond donors (Lipinski definition) is 3. The number of carbonyl (C=O) groups excluding carboxylic acids is 4. The Morgan fingerprint density at radius 2 is 1.65 bits per heavy atom. The molecule has 0 radical (unpaired) electrons. The summed E-state index contributed by atoms with van der Waals surface area (Å²) in [6.07, 6.45) is 5.40. The molecule has 2 saturated heterocycles. The van der Waals surface area contributed by atoms with Crippen LogP contribution in [0, 0.1) is 0 Å². The topological polar surface area (TPSA) is 115 Å². The van der Waals surface area contributed by atoms with Crippen LogP contribution in [0.1, 0.15) is 50.2 Å². The summed E-state index contributed by atoms with van der Waals surface area (Å²) in [6, 6.07) is 15.0. The maximum absolute atomic E-state index is 14.2. The van der Waals surface area contributed by atoms with E-state index in [1.54, 1.807) is 4.90 Å². The summed E-state index contributed by atoms with van der Waals surface area (Å²) in [5.41, 5.74) is 2.71. The second-order valence-electron chi connectivity index (χ2n) is 10.8. The molecule has 4 amide bonds. The fraction of sp³-hybridized carbons (Fsp3) is 0.419. The first-order valence-corrected chi connectivity index (χ1v) is 14.2. The Kier molecular flexibility index (Phi) is 8.48. The molecule has 0 saturated carbocycles. The minimum Gasteiger partial charge on any atom is -0.361 e. The standard InChI is InChI=1S/C31H37N5O4/c1-2-3-13-25-29(38)34-26(17-22-18-32-24-14-8-7-12-23(22)24)31(40)35(19-21-10-5-4-6-11-21)20-28(37)36-16-9-15-27(36)30(39)33-25/h4-8,10-12,14,18,25-27,32H,2-3,9,13,15-17,19-20H2,1H3,(H,33,39)(H,34,38)/t25-,26-,27+/m0/s1. The molecule has 3 N–H and O–H groups in total. The van der Waals surface area contributed by atoms with Crippen LogP contribution in [0.15, 0.2) is 60.8 Å². The molecule has 2 aliphatic rings. The zero-order valence-corrected chi connectivity index (χ0v) is 22.9. The Morgan fingerprint density at radius 1 is 0.900 bits per heavy atom. The lowest BCUT2D eigenvalue weighted by molar-refractivity contribution is -0.146. The van der Waals surface area contributed by atoms with Crippen molar-refractivity contribution in [2.24, 2.45) is 0 Å². The van der Waals surface area contributed by atoms with E-state index in [4.69, 9.17) is 0 Å². The van der Waals surface area contributed by atoms with Gasteiger partial charge in [0.25, 0.3) is 0 Å². The van der Waals surface area contributed by atoms with Gasteiger partial charge in [-0.1, -0.05) is 68.3 Å². The summed E-state index contributed by atoms with van der Waals surface area (Å²) >= 11 is 0. The quantitative estimate of drug-likeness (QED) is 0.425. The van der Waals surface area contributed by atoms with Crippen molar-refractivity contribution in [2.45, 2.75) is 70.1 Å². The van der Waals surface area contributed by atoms with E-state index in [9.17, 15) is 19.2 Å². The Bertz CT molecular complexity index is 1370. The number of amides is 4. The normalized spacial score (nSPS) is 22.5. The number of nitrogens with one attached hydrogen (secondary N) is 3. The third kappa shape index (κ3) is 6.03. The molecular formula is C31H37N5O4. The number of unbranched alkanes of at least 4 members (excludes halogenated alkanes) is 1. The number of aromatic amines is 1. The Labute approximate surface area is 234 Å². The molecule has 0 unspecified atom stereocenters. The first-order chi connectivity index (χ1) is 19.4. The maximum Gasteiger partial charge on any atom is 0.246 e. The van der Waals surface area contributed by atoms with E-state index >= 15 is 0 Å². The number of fused-ring (bicyclic) bond motifs is 2. The average molecular weight is 544 g/mol. The summed E-state index contributed by atoms with van der Waals surface area (Å²) in [4.78, 5) is 61.2. The van der Waals surface area contributed by atoms with E-state index in [2.05, 4.69) is 15.6 Å². The lowest BCUT2D eigenvalue weighted by Gasteiger charge is -2.33. The van der Waals surface area contributed by atoms with Crippen LogP contribution >= 0.6 is 0 Å². The fourth-order valence-electron chi connectivity index (χ4n) is 5.77. The van der Waals surface area contributed by atoms with Gasteiger partial charge in [0.15, 0.2) is 0 Å². The van der Waals surface area contributed by atoms with Gasteiger partial charge in [-0.25, -0.2) is 0 Å². The van der Waals surface area contributed by atoms with Gasteiger partial charge in [-0.15, -0.1) is 0 Å². The van der Waals surface area contributed by atoms with E-state index in [1.165, 1.54) is 4.90 Å². The third-order valence-corrected chi connectivity index (χ3v) is 7.92. The van der Waals surface area contributed by atoms with Crippen LogP contribution in [0.3, 0.4) is 0 Å². The molecule has 2 fully saturated rings. The minimum atomic E-state index is -0.918. The van der Waals surface area contributed by atoms with Crippen molar-refractivity contribution in [3.8, 4) is 0 Å². The first-order valence-electron chi connectivity index (χ1n) is 14.2. The molecule has 0 bridgehead atoms. The zero-order valence-electron chi connectivity index (χ0n) is 22.9. The Balaban J connectivity index is 1.52. The van der Waals surface area contributed by atoms with Crippen LogP contribution in [-0.4, -0.2) is 69.6 Å². The number of H-pyrrole nitrogens is 1. The molecule has 2 aliphatic heterocycles. The molecule has 40 heavy (non-hydrogen) atoms. The number of nitrogens with zero attached hydrogens (tertiary/aromatic N) is 2. The summed E-state index contributed by atoms with van der Waals surface area (Å²) in [5, 5.41) is 6.85. The molecular weight excluding hydrogens is 506 g/mol. The number of benzene rings is 2. The Morgan fingerprint density at radius 3 is 2.45 bits per heavy atom. The highest BCUT2D eigenvalue weighted by Crippen LogP contribution is 2.22. The first kappa shape index (κ1) is 27.4. The monoisotopic (exact) mass is 543 g/mol. The van der Waals surface area contributed by atoms with Crippen LogP contribution in [-0.2, 0) is 32.1 Å². The van der Waals surface area contributed by atoms with Gasteiger partial charge in [-0.05, 0) is 36.5 Å². The summed E-state index contributed by atoms with van der Waals surface area (Å²) in [6.45, 7) is 2.53. The van der Waals surface area contributed by atoms with Crippen molar-refractivity contribution < 1.29 is 19.2 Å². The lowest BCUT2D eigenvalue weighted by Crippen LogP contribution is -2.59. The largest absolute Gasteiger partial charge is 0.361 e. The van der Waals surface area contributed by atoms with E-state index in [-0.39, 0.29) is 43.1 Å². The van der Waals surface area contributed by atoms with Crippen molar-refractivity contribution in [2.75, 3.05) is 13.1 Å². The number of rotatable bonds is 7. The molecule has 3 aromatic rings. The van der Waals surface area contributed by atoms with Crippen LogP contribution in [0.4, 0.5) is 0 Å². The van der Waals surface area contributed by atoms with E-state index in [1.807, 2.05) is 67.7 Å². The van der Waals surface area contributed by atoms with Crippen molar-refractivity contribution in [1.29, 1.82) is 0 Å². The van der Waals surface area contributed by atoms with Crippen molar-refractivity contribution in [3.05, 3.63) is 71.9 Å². The molecule has 0 aliphatic carbocycles. The number of aromatic nitrogens is 1. The molecule has 0 spiro atoms. The predicted octanol–water partition coefficient (Wildman–Crippen LogP) is 2.90. The third-order valence-electron chi connectivity index (χ3n) is 7.92.